The molecule has 178 valence electrons. The number of alkyl halides is 3. The third-order valence-electron chi connectivity index (χ3n) is 4.59. The Morgan fingerprint density at radius 1 is 1.15 bits per heavy atom. The molecule has 0 aliphatic heterocycles. The normalized spacial score (nSPS) is 11.0. The summed E-state index contributed by atoms with van der Waals surface area (Å²) in [5, 5.41) is 14.6. The number of benzene rings is 1. The van der Waals surface area contributed by atoms with Crippen LogP contribution in [-0.4, -0.2) is 46.6 Å². The molecule has 0 aliphatic carbocycles. The lowest BCUT2D eigenvalue weighted by Crippen LogP contribution is -2.21. The van der Waals surface area contributed by atoms with Crippen LogP contribution >= 0.6 is 0 Å². The highest BCUT2D eigenvalue weighted by atomic mass is 19.4. The lowest BCUT2D eigenvalue weighted by molar-refractivity contribution is -0.192. The van der Waals surface area contributed by atoms with E-state index < -0.39 is 12.1 Å². The van der Waals surface area contributed by atoms with E-state index in [9.17, 15) is 13.2 Å². The van der Waals surface area contributed by atoms with Gasteiger partial charge in [0.05, 0.1) is 18.4 Å². The molecule has 0 aliphatic rings. The first-order chi connectivity index (χ1) is 16.1. The number of hydrogen-bond donors (Lipinski definition) is 2. The van der Waals surface area contributed by atoms with Crippen LogP contribution in [0, 0.1) is 6.92 Å². The predicted octanol–water partition coefficient (Wildman–Crippen LogP) is 3.68. The number of halogens is 3. The van der Waals surface area contributed by atoms with Gasteiger partial charge in [0, 0.05) is 43.9 Å². The Kier molecular flexibility index (Phi) is 7.61. The van der Waals surface area contributed by atoms with Gasteiger partial charge in [-0.3, -0.25) is 4.68 Å². The summed E-state index contributed by atoms with van der Waals surface area (Å²) < 4.78 is 35.6. The molecule has 0 amide bonds. The van der Waals surface area contributed by atoms with Gasteiger partial charge in [0.1, 0.15) is 5.82 Å². The summed E-state index contributed by atoms with van der Waals surface area (Å²) in [6.07, 6.45) is 4.31. The summed E-state index contributed by atoms with van der Waals surface area (Å²) in [6.45, 7) is 3.33. The van der Waals surface area contributed by atoms with Crippen molar-refractivity contribution in [3.05, 3.63) is 78.3 Å². The molecular weight excluding hydrogens is 451 g/mol. The van der Waals surface area contributed by atoms with Gasteiger partial charge < -0.3 is 15.0 Å². The summed E-state index contributed by atoms with van der Waals surface area (Å²) >= 11 is 0. The van der Waals surface area contributed by atoms with Crippen molar-refractivity contribution in [1.82, 2.24) is 29.3 Å². The molecule has 0 saturated carbocycles. The molecule has 0 atom stereocenters. The molecule has 0 radical (unpaired) electrons. The first kappa shape index (κ1) is 24.4. The van der Waals surface area contributed by atoms with Gasteiger partial charge in [0.25, 0.3) is 0 Å². The van der Waals surface area contributed by atoms with Crippen LogP contribution in [0.2, 0.25) is 0 Å². The number of aliphatic carboxylic acids is 1. The average molecular weight is 473 g/mol. The molecule has 3 heterocycles. The van der Waals surface area contributed by atoms with E-state index in [2.05, 4.69) is 42.1 Å². The molecule has 4 rings (SSSR count). The van der Waals surface area contributed by atoms with Crippen LogP contribution in [0.1, 0.15) is 17.0 Å². The van der Waals surface area contributed by atoms with Gasteiger partial charge in [-0.1, -0.05) is 30.3 Å². The topological polar surface area (TPSA) is 111 Å². The number of hydrogen-bond acceptors (Lipinski definition) is 6. The first-order valence-corrected chi connectivity index (χ1v) is 10.0. The van der Waals surface area contributed by atoms with Crippen LogP contribution in [0.4, 0.5) is 19.1 Å². The number of nitrogens with one attached hydrogen (secondary N) is 1. The fraction of sp³-hybridized carbons (Fsp3) is 0.227. The van der Waals surface area contributed by atoms with Crippen LogP contribution in [0.3, 0.4) is 0 Å². The zero-order valence-corrected chi connectivity index (χ0v) is 18.4. The molecule has 0 fully saturated rings. The zero-order chi connectivity index (χ0) is 24.7. The molecule has 9 nitrogen and oxygen atoms in total. The molecule has 2 N–H and O–H groups in total. The Morgan fingerprint density at radius 2 is 1.85 bits per heavy atom. The number of anilines is 1. The van der Waals surface area contributed by atoms with E-state index in [1.54, 1.807) is 4.68 Å². The van der Waals surface area contributed by atoms with Gasteiger partial charge in [-0.05, 0) is 18.1 Å². The molecule has 12 heteroatoms. The van der Waals surface area contributed by atoms with Crippen molar-refractivity contribution in [3.63, 3.8) is 0 Å². The van der Waals surface area contributed by atoms with E-state index in [0.29, 0.717) is 12.5 Å². The monoisotopic (exact) mass is 473 g/mol. The van der Waals surface area contributed by atoms with Crippen molar-refractivity contribution < 1.29 is 23.1 Å². The molecule has 3 aromatic heterocycles. The Labute approximate surface area is 192 Å². The van der Waals surface area contributed by atoms with Crippen LogP contribution in [-0.2, 0) is 24.9 Å². The third-order valence-corrected chi connectivity index (χ3v) is 4.59. The number of imidazole rings is 1. The minimum atomic E-state index is -5.08. The van der Waals surface area contributed by atoms with Crippen molar-refractivity contribution in [3.8, 4) is 11.3 Å². The number of aromatic nitrogens is 6. The van der Waals surface area contributed by atoms with Gasteiger partial charge in [0.2, 0.25) is 5.95 Å². The van der Waals surface area contributed by atoms with Crippen molar-refractivity contribution in [1.29, 1.82) is 0 Å². The van der Waals surface area contributed by atoms with Crippen molar-refractivity contribution in [2.75, 3.05) is 5.32 Å². The highest BCUT2D eigenvalue weighted by molar-refractivity contribution is 5.73. The number of nitrogens with zero attached hydrogens (tertiary/aromatic N) is 6. The van der Waals surface area contributed by atoms with Gasteiger partial charge >= 0.3 is 12.1 Å². The summed E-state index contributed by atoms with van der Waals surface area (Å²) in [6, 6.07) is 10.3. The van der Waals surface area contributed by atoms with Crippen LogP contribution in [0.25, 0.3) is 11.3 Å². The van der Waals surface area contributed by atoms with Gasteiger partial charge in [-0.25, -0.2) is 19.7 Å². The minimum absolute atomic E-state index is 0.551. The Hall–Kier alpha value is -4.22. The van der Waals surface area contributed by atoms with Gasteiger partial charge in [-0.2, -0.15) is 18.3 Å². The van der Waals surface area contributed by atoms with E-state index in [0.717, 1.165) is 29.2 Å². The van der Waals surface area contributed by atoms with E-state index in [-0.39, 0.29) is 0 Å². The van der Waals surface area contributed by atoms with E-state index in [1.165, 1.54) is 5.56 Å². The molecule has 34 heavy (non-hydrogen) atoms. The summed E-state index contributed by atoms with van der Waals surface area (Å²) in [4.78, 5) is 22.4. The maximum absolute atomic E-state index is 10.6. The maximum atomic E-state index is 10.6. The number of carboxylic acid groups (broad SMARTS) is 1. The second-order valence-corrected chi connectivity index (χ2v) is 7.24. The fourth-order valence-electron chi connectivity index (χ4n) is 2.95. The van der Waals surface area contributed by atoms with E-state index >= 15 is 0 Å². The lowest BCUT2D eigenvalue weighted by atomic mass is 10.1. The molecule has 0 spiro atoms. The molecule has 0 unspecified atom stereocenters. The zero-order valence-electron chi connectivity index (χ0n) is 18.4. The quantitative estimate of drug-likeness (QED) is 0.440. The number of carbonyl (C=O) groups is 1. The Morgan fingerprint density at radius 3 is 2.47 bits per heavy atom. The molecule has 0 saturated heterocycles. The van der Waals surface area contributed by atoms with Crippen molar-refractivity contribution in [2.24, 2.45) is 7.05 Å². The van der Waals surface area contributed by atoms with E-state index in [1.807, 2.05) is 63.2 Å². The minimum Gasteiger partial charge on any atom is -0.475 e. The van der Waals surface area contributed by atoms with E-state index in [4.69, 9.17) is 9.90 Å². The standard InChI is InChI=1S/C20H21N7.C2HF3O2/c1-15-10-22-20(25-19(15)17-11-24-26(2)14-17)23-12-18-21-8-9-27(18)13-16-6-4-3-5-7-16;3-2(4,5)1(6)7/h3-11,14H,12-13H2,1-2H3,(H,22,23,25);(H,6,7). The number of rotatable bonds is 6. The summed E-state index contributed by atoms with van der Waals surface area (Å²) in [5.41, 5.74) is 4.11. The maximum Gasteiger partial charge on any atom is 0.490 e. The number of carboxylic acids is 1. The Bertz CT molecular complexity index is 1240. The second-order valence-electron chi connectivity index (χ2n) is 7.24. The predicted molar refractivity (Wildman–Crippen MR) is 118 cm³/mol. The van der Waals surface area contributed by atoms with Crippen molar-refractivity contribution >= 4 is 11.9 Å². The molecule has 0 bridgehead atoms. The SMILES string of the molecule is Cc1cnc(NCc2nccn2Cc2ccccc2)nc1-c1cnn(C)c1.O=C(O)C(F)(F)F. The second kappa shape index (κ2) is 10.6. The highest BCUT2D eigenvalue weighted by Gasteiger charge is 2.38. The highest BCUT2D eigenvalue weighted by Crippen LogP contribution is 2.21. The van der Waals surface area contributed by atoms with Gasteiger partial charge in [-0.15, -0.1) is 0 Å². The lowest BCUT2D eigenvalue weighted by Gasteiger charge is -2.10. The Balaban J connectivity index is 0.000000406. The third kappa shape index (κ3) is 6.64. The molecular formula is C22H22F3N7O2. The smallest absolute Gasteiger partial charge is 0.475 e. The van der Waals surface area contributed by atoms with Gasteiger partial charge in [0.15, 0.2) is 0 Å². The number of aryl methyl sites for hydroxylation is 2. The molecule has 4 aromatic rings. The summed E-state index contributed by atoms with van der Waals surface area (Å²) in [7, 11) is 1.89. The largest absolute Gasteiger partial charge is 0.490 e. The van der Waals surface area contributed by atoms with Crippen molar-refractivity contribution in [2.45, 2.75) is 26.2 Å². The van der Waals surface area contributed by atoms with Crippen LogP contribution in [0.15, 0.2) is 61.3 Å². The van der Waals surface area contributed by atoms with Crippen LogP contribution in [0.5, 0.6) is 0 Å². The summed E-state index contributed by atoms with van der Waals surface area (Å²) in [5.74, 6) is -1.24. The first-order valence-electron chi connectivity index (χ1n) is 10.0. The molecule has 1 aromatic carbocycles. The van der Waals surface area contributed by atoms with Crippen LogP contribution < -0.4 is 5.32 Å². The fourth-order valence-corrected chi connectivity index (χ4v) is 2.95. The average Bonchev–Trinajstić information content (AvgIpc) is 3.42.